The van der Waals surface area contributed by atoms with E-state index in [0.717, 1.165) is 23.3 Å². The molecule has 0 saturated heterocycles. The quantitative estimate of drug-likeness (QED) is 0.415. The van der Waals surface area contributed by atoms with Gasteiger partial charge in [0.25, 0.3) is 17.3 Å². The SMILES string of the molecule is Cc1cccc(C)c1OCc1c(C(=O)Nc2cc([N+](=O)[O-])c(C)c([N+](=O)[O-])c2)noc1C. The molecular weight excluding hydrogens is 420 g/mol. The second-order valence-corrected chi connectivity index (χ2v) is 7.18. The monoisotopic (exact) mass is 440 g/mol. The molecule has 0 aliphatic heterocycles. The number of nitro groups is 2. The summed E-state index contributed by atoms with van der Waals surface area (Å²) in [6.07, 6.45) is 0. The van der Waals surface area contributed by atoms with Crippen LogP contribution in [0.1, 0.15) is 38.5 Å². The average Bonchev–Trinajstić information content (AvgIpc) is 3.09. The summed E-state index contributed by atoms with van der Waals surface area (Å²) in [5, 5.41) is 28.7. The number of benzene rings is 2. The van der Waals surface area contributed by atoms with Gasteiger partial charge >= 0.3 is 0 Å². The number of anilines is 1. The summed E-state index contributed by atoms with van der Waals surface area (Å²) >= 11 is 0. The summed E-state index contributed by atoms with van der Waals surface area (Å²) < 4.78 is 11.0. The topological polar surface area (TPSA) is 151 Å². The van der Waals surface area contributed by atoms with Crippen LogP contribution in [0.4, 0.5) is 17.1 Å². The van der Waals surface area contributed by atoms with Crippen molar-refractivity contribution in [1.82, 2.24) is 5.16 Å². The average molecular weight is 440 g/mol. The predicted octanol–water partition coefficient (Wildman–Crippen LogP) is 4.56. The third-order valence-electron chi connectivity index (χ3n) is 4.97. The summed E-state index contributed by atoms with van der Waals surface area (Å²) in [6.45, 7) is 6.68. The molecule has 0 aliphatic carbocycles. The van der Waals surface area contributed by atoms with E-state index in [1.165, 1.54) is 6.92 Å². The third-order valence-corrected chi connectivity index (χ3v) is 4.97. The number of nitrogens with one attached hydrogen (secondary N) is 1. The molecule has 1 heterocycles. The second kappa shape index (κ2) is 8.84. The van der Waals surface area contributed by atoms with Gasteiger partial charge < -0.3 is 14.6 Å². The van der Waals surface area contributed by atoms with Crippen molar-refractivity contribution in [3.8, 4) is 5.75 Å². The molecule has 0 bridgehead atoms. The molecule has 1 N–H and O–H groups in total. The molecular formula is C21H20N4O7. The van der Waals surface area contributed by atoms with Gasteiger partial charge in [0.1, 0.15) is 23.7 Å². The molecule has 11 heteroatoms. The van der Waals surface area contributed by atoms with E-state index in [1.54, 1.807) is 6.92 Å². The zero-order valence-corrected chi connectivity index (χ0v) is 17.8. The van der Waals surface area contributed by atoms with E-state index in [4.69, 9.17) is 9.26 Å². The highest BCUT2D eigenvalue weighted by Crippen LogP contribution is 2.32. The Bertz CT molecular complexity index is 1180. The maximum atomic E-state index is 12.8. The standard InChI is InChI=1S/C21H20N4O7/c1-11-6-5-7-12(2)20(11)31-10-16-14(4)32-23-19(16)21(26)22-15-8-17(24(27)28)13(3)18(9-15)25(29)30/h5-9H,10H2,1-4H3,(H,22,26). The van der Waals surface area contributed by atoms with Crippen molar-refractivity contribution in [3.05, 3.63) is 84.3 Å². The number of aromatic nitrogens is 1. The number of hydrogen-bond donors (Lipinski definition) is 1. The molecule has 3 rings (SSSR count). The second-order valence-electron chi connectivity index (χ2n) is 7.18. The molecule has 11 nitrogen and oxygen atoms in total. The summed E-state index contributed by atoms with van der Waals surface area (Å²) in [6, 6.07) is 7.81. The Balaban J connectivity index is 1.89. The van der Waals surface area contributed by atoms with Crippen LogP contribution in [0.3, 0.4) is 0 Å². The third kappa shape index (κ3) is 4.41. The summed E-state index contributed by atoms with van der Waals surface area (Å²) in [4.78, 5) is 33.8. The first kappa shape index (κ1) is 22.4. The van der Waals surface area contributed by atoms with Crippen LogP contribution in [-0.2, 0) is 6.61 Å². The fraction of sp³-hybridized carbons (Fsp3) is 0.238. The molecule has 2 aromatic carbocycles. The Morgan fingerprint density at radius 2 is 1.62 bits per heavy atom. The van der Waals surface area contributed by atoms with Gasteiger partial charge in [-0.1, -0.05) is 23.4 Å². The minimum absolute atomic E-state index is 0.00201. The molecule has 0 spiro atoms. The highest BCUT2D eigenvalue weighted by molar-refractivity contribution is 6.04. The van der Waals surface area contributed by atoms with Crippen molar-refractivity contribution in [1.29, 1.82) is 0 Å². The Kier molecular flexibility index (Phi) is 6.19. The van der Waals surface area contributed by atoms with E-state index < -0.39 is 27.1 Å². The van der Waals surface area contributed by atoms with Gasteiger partial charge in [-0.3, -0.25) is 25.0 Å². The highest BCUT2D eigenvalue weighted by Gasteiger charge is 2.26. The van der Waals surface area contributed by atoms with Gasteiger partial charge in [0.15, 0.2) is 5.69 Å². The number of nitro benzene ring substituents is 2. The molecule has 1 amide bonds. The van der Waals surface area contributed by atoms with Gasteiger partial charge in [0, 0.05) is 12.1 Å². The van der Waals surface area contributed by atoms with Crippen LogP contribution in [0.25, 0.3) is 0 Å². The lowest BCUT2D eigenvalue weighted by molar-refractivity contribution is -0.395. The zero-order chi connectivity index (χ0) is 23.6. The molecule has 0 radical (unpaired) electrons. The highest BCUT2D eigenvalue weighted by atomic mass is 16.6. The number of ether oxygens (including phenoxy) is 1. The van der Waals surface area contributed by atoms with E-state index in [0.29, 0.717) is 17.1 Å². The van der Waals surface area contributed by atoms with Crippen molar-refractivity contribution < 1.29 is 23.9 Å². The predicted molar refractivity (Wildman–Crippen MR) is 114 cm³/mol. The zero-order valence-electron chi connectivity index (χ0n) is 17.8. The Morgan fingerprint density at radius 1 is 1.06 bits per heavy atom. The number of hydrogen-bond acceptors (Lipinski definition) is 8. The molecule has 0 saturated carbocycles. The lowest BCUT2D eigenvalue weighted by Crippen LogP contribution is -2.16. The summed E-state index contributed by atoms with van der Waals surface area (Å²) in [5.74, 6) is 0.293. The van der Waals surface area contributed by atoms with Crippen LogP contribution in [-0.4, -0.2) is 20.9 Å². The van der Waals surface area contributed by atoms with Crippen LogP contribution in [0.15, 0.2) is 34.9 Å². The number of carbonyl (C=O) groups excluding carboxylic acids is 1. The van der Waals surface area contributed by atoms with E-state index in [-0.39, 0.29) is 23.6 Å². The molecule has 166 valence electrons. The number of carbonyl (C=O) groups is 1. The minimum atomic E-state index is -0.748. The Labute approximate surface area is 182 Å². The van der Waals surface area contributed by atoms with Gasteiger partial charge in [-0.2, -0.15) is 0 Å². The van der Waals surface area contributed by atoms with Crippen LogP contribution in [0.2, 0.25) is 0 Å². The first-order valence-electron chi connectivity index (χ1n) is 9.49. The van der Waals surface area contributed by atoms with Crippen LogP contribution in [0, 0.1) is 47.9 Å². The van der Waals surface area contributed by atoms with Crippen molar-refractivity contribution in [2.45, 2.75) is 34.3 Å². The summed E-state index contributed by atoms with van der Waals surface area (Å²) in [7, 11) is 0. The number of nitrogens with zero attached hydrogens (tertiary/aromatic N) is 3. The van der Waals surface area contributed by atoms with Gasteiger partial charge in [-0.15, -0.1) is 0 Å². The number of aryl methyl sites for hydroxylation is 3. The first-order chi connectivity index (χ1) is 15.1. The number of rotatable bonds is 7. The first-order valence-corrected chi connectivity index (χ1v) is 9.49. The number of amides is 1. The van der Waals surface area contributed by atoms with Gasteiger partial charge in [0.2, 0.25) is 0 Å². The van der Waals surface area contributed by atoms with Crippen LogP contribution >= 0.6 is 0 Å². The van der Waals surface area contributed by atoms with Gasteiger partial charge in [-0.05, 0) is 38.8 Å². The molecule has 0 fully saturated rings. The fourth-order valence-corrected chi connectivity index (χ4v) is 3.24. The Morgan fingerprint density at radius 3 is 2.16 bits per heavy atom. The maximum absolute atomic E-state index is 12.8. The van der Waals surface area contributed by atoms with Crippen LogP contribution < -0.4 is 10.1 Å². The molecule has 0 atom stereocenters. The lowest BCUT2D eigenvalue weighted by Gasteiger charge is -2.12. The minimum Gasteiger partial charge on any atom is -0.488 e. The lowest BCUT2D eigenvalue weighted by atomic mass is 10.1. The van der Waals surface area contributed by atoms with Gasteiger partial charge in [-0.25, -0.2) is 0 Å². The Hall–Kier alpha value is -4.28. The maximum Gasteiger partial charge on any atom is 0.281 e. The largest absolute Gasteiger partial charge is 0.488 e. The number of para-hydroxylation sites is 1. The normalized spacial score (nSPS) is 10.6. The smallest absolute Gasteiger partial charge is 0.281 e. The van der Waals surface area contributed by atoms with E-state index in [1.807, 2.05) is 32.0 Å². The fourth-order valence-electron chi connectivity index (χ4n) is 3.24. The van der Waals surface area contributed by atoms with Crippen LogP contribution in [0.5, 0.6) is 5.75 Å². The van der Waals surface area contributed by atoms with E-state index in [9.17, 15) is 25.0 Å². The van der Waals surface area contributed by atoms with Crippen molar-refractivity contribution >= 4 is 23.0 Å². The van der Waals surface area contributed by atoms with Crippen molar-refractivity contribution in [2.24, 2.45) is 0 Å². The van der Waals surface area contributed by atoms with Crippen molar-refractivity contribution in [3.63, 3.8) is 0 Å². The van der Waals surface area contributed by atoms with E-state index in [2.05, 4.69) is 10.5 Å². The molecule has 0 unspecified atom stereocenters. The van der Waals surface area contributed by atoms with E-state index >= 15 is 0 Å². The molecule has 32 heavy (non-hydrogen) atoms. The van der Waals surface area contributed by atoms with Gasteiger partial charge in [0.05, 0.1) is 21.1 Å². The summed E-state index contributed by atoms with van der Waals surface area (Å²) in [5.41, 5.74) is 0.961. The molecule has 3 aromatic rings. The molecule has 0 aliphatic rings. The molecule has 1 aromatic heterocycles. The van der Waals surface area contributed by atoms with Crippen molar-refractivity contribution in [2.75, 3.05) is 5.32 Å².